The molecule has 0 bridgehead atoms. The van der Waals surface area contributed by atoms with Crippen molar-refractivity contribution < 1.29 is 4.74 Å². The molecule has 3 nitrogen and oxygen atoms in total. The van der Waals surface area contributed by atoms with E-state index in [2.05, 4.69) is 56.1 Å². The van der Waals surface area contributed by atoms with Crippen molar-refractivity contribution in [3.63, 3.8) is 0 Å². The molecule has 0 spiro atoms. The second kappa shape index (κ2) is 6.40. The standard InChI is InChI=1S/C16H26N2O/c1-12(2)17-10-15-5-6-16(13(3)9-15)18-7-8-19-14(4)11-18/h5-6,9,12,14,17H,7-8,10-11H2,1-4H3. The van der Waals surface area contributed by atoms with Crippen LogP contribution < -0.4 is 10.2 Å². The van der Waals surface area contributed by atoms with Gasteiger partial charge in [0.15, 0.2) is 0 Å². The Morgan fingerprint density at radius 1 is 1.42 bits per heavy atom. The first-order valence-electron chi connectivity index (χ1n) is 7.25. The Morgan fingerprint density at radius 2 is 2.21 bits per heavy atom. The molecule has 0 radical (unpaired) electrons. The second-order valence-corrected chi connectivity index (χ2v) is 5.78. The van der Waals surface area contributed by atoms with E-state index in [4.69, 9.17) is 4.74 Å². The van der Waals surface area contributed by atoms with Crippen LogP contribution in [0, 0.1) is 6.92 Å². The summed E-state index contributed by atoms with van der Waals surface area (Å²) >= 11 is 0. The van der Waals surface area contributed by atoms with Gasteiger partial charge in [-0.15, -0.1) is 0 Å². The van der Waals surface area contributed by atoms with E-state index >= 15 is 0 Å². The van der Waals surface area contributed by atoms with Crippen LogP contribution in [0.25, 0.3) is 0 Å². The quantitative estimate of drug-likeness (QED) is 0.903. The molecule has 1 atom stereocenters. The van der Waals surface area contributed by atoms with Gasteiger partial charge in [-0.05, 0) is 31.0 Å². The number of hydrogen-bond donors (Lipinski definition) is 1. The Morgan fingerprint density at radius 3 is 2.84 bits per heavy atom. The molecule has 0 aliphatic carbocycles. The fraction of sp³-hybridized carbons (Fsp3) is 0.625. The first-order chi connectivity index (χ1) is 9.06. The van der Waals surface area contributed by atoms with Gasteiger partial charge in [-0.1, -0.05) is 26.0 Å². The lowest BCUT2D eigenvalue weighted by atomic mass is 10.1. The van der Waals surface area contributed by atoms with Gasteiger partial charge in [-0.25, -0.2) is 0 Å². The number of nitrogens with one attached hydrogen (secondary N) is 1. The molecule has 1 aromatic rings. The number of nitrogens with zero attached hydrogens (tertiary/aromatic N) is 1. The summed E-state index contributed by atoms with van der Waals surface area (Å²) in [5, 5.41) is 3.46. The van der Waals surface area contributed by atoms with Crippen LogP contribution in [0.2, 0.25) is 0 Å². The number of rotatable bonds is 4. The van der Waals surface area contributed by atoms with Gasteiger partial charge in [0.2, 0.25) is 0 Å². The van der Waals surface area contributed by atoms with Crippen LogP contribution in [-0.2, 0) is 11.3 Å². The minimum Gasteiger partial charge on any atom is -0.375 e. The highest BCUT2D eigenvalue weighted by Crippen LogP contribution is 2.23. The summed E-state index contributed by atoms with van der Waals surface area (Å²) in [5.74, 6) is 0. The minimum absolute atomic E-state index is 0.329. The fourth-order valence-electron chi connectivity index (χ4n) is 2.54. The molecule has 1 aliphatic rings. The molecule has 1 aromatic carbocycles. The van der Waals surface area contributed by atoms with E-state index in [9.17, 15) is 0 Å². The van der Waals surface area contributed by atoms with Crippen LogP contribution in [-0.4, -0.2) is 31.8 Å². The lowest BCUT2D eigenvalue weighted by Gasteiger charge is -2.34. The molecule has 0 aromatic heterocycles. The van der Waals surface area contributed by atoms with Gasteiger partial charge >= 0.3 is 0 Å². The van der Waals surface area contributed by atoms with Crippen LogP contribution in [0.3, 0.4) is 0 Å². The maximum Gasteiger partial charge on any atom is 0.0722 e. The fourth-order valence-corrected chi connectivity index (χ4v) is 2.54. The number of ether oxygens (including phenoxy) is 1. The molecule has 1 aliphatic heterocycles. The van der Waals surface area contributed by atoms with E-state index in [0.29, 0.717) is 12.1 Å². The third-order valence-electron chi connectivity index (χ3n) is 3.56. The van der Waals surface area contributed by atoms with E-state index in [1.165, 1.54) is 16.8 Å². The average Bonchev–Trinajstić information content (AvgIpc) is 2.36. The number of morpholine rings is 1. The zero-order chi connectivity index (χ0) is 13.8. The molecule has 1 fully saturated rings. The molecule has 3 heteroatoms. The third-order valence-corrected chi connectivity index (χ3v) is 3.56. The van der Waals surface area contributed by atoms with E-state index in [1.54, 1.807) is 0 Å². The van der Waals surface area contributed by atoms with Crippen LogP contribution >= 0.6 is 0 Å². The zero-order valence-corrected chi connectivity index (χ0v) is 12.6. The predicted octanol–water partition coefficient (Wildman–Crippen LogP) is 2.72. The average molecular weight is 262 g/mol. The van der Waals surface area contributed by atoms with Crippen molar-refractivity contribution >= 4 is 5.69 Å². The smallest absolute Gasteiger partial charge is 0.0722 e. The van der Waals surface area contributed by atoms with Gasteiger partial charge in [0, 0.05) is 31.4 Å². The highest BCUT2D eigenvalue weighted by Gasteiger charge is 2.18. The van der Waals surface area contributed by atoms with Gasteiger partial charge in [-0.2, -0.15) is 0 Å². The SMILES string of the molecule is Cc1cc(CNC(C)C)ccc1N1CCOC(C)C1. The van der Waals surface area contributed by atoms with E-state index in [1.807, 2.05) is 0 Å². The zero-order valence-electron chi connectivity index (χ0n) is 12.6. The maximum absolute atomic E-state index is 5.61. The Bertz CT molecular complexity index is 417. The maximum atomic E-state index is 5.61. The largest absolute Gasteiger partial charge is 0.375 e. The minimum atomic E-state index is 0.329. The van der Waals surface area contributed by atoms with Crippen LogP contribution in [0.15, 0.2) is 18.2 Å². The molecule has 19 heavy (non-hydrogen) atoms. The highest BCUT2D eigenvalue weighted by molar-refractivity contribution is 5.54. The molecule has 1 heterocycles. The molecule has 106 valence electrons. The summed E-state index contributed by atoms with van der Waals surface area (Å²) in [7, 11) is 0. The number of aryl methyl sites for hydroxylation is 1. The lowest BCUT2D eigenvalue weighted by Crippen LogP contribution is -2.41. The number of anilines is 1. The van der Waals surface area contributed by atoms with Crippen molar-refractivity contribution in [2.24, 2.45) is 0 Å². The lowest BCUT2D eigenvalue weighted by molar-refractivity contribution is 0.0532. The summed E-state index contributed by atoms with van der Waals surface area (Å²) in [5.41, 5.74) is 4.07. The first kappa shape index (κ1) is 14.4. The van der Waals surface area contributed by atoms with Gasteiger partial charge in [0.1, 0.15) is 0 Å². The van der Waals surface area contributed by atoms with Crippen molar-refractivity contribution in [3.8, 4) is 0 Å². The summed E-state index contributed by atoms with van der Waals surface area (Å²) in [6, 6.07) is 7.31. The molecule has 0 amide bonds. The number of hydrogen-bond acceptors (Lipinski definition) is 3. The molecule has 1 unspecified atom stereocenters. The molecule has 0 saturated carbocycles. The van der Waals surface area contributed by atoms with Crippen LogP contribution in [0.5, 0.6) is 0 Å². The van der Waals surface area contributed by atoms with Crippen LogP contribution in [0.1, 0.15) is 31.9 Å². The third kappa shape index (κ3) is 3.95. The first-order valence-corrected chi connectivity index (χ1v) is 7.25. The normalized spacial score (nSPS) is 20.1. The molecular weight excluding hydrogens is 236 g/mol. The number of benzene rings is 1. The van der Waals surface area contributed by atoms with Crippen molar-refractivity contribution in [2.75, 3.05) is 24.6 Å². The topological polar surface area (TPSA) is 24.5 Å². The Hall–Kier alpha value is -1.06. The highest BCUT2D eigenvalue weighted by atomic mass is 16.5. The van der Waals surface area contributed by atoms with Crippen molar-refractivity contribution in [1.82, 2.24) is 5.32 Å². The van der Waals surface area contributed by atoms with Crippen LogP contribution in [0.4, 0.5) is 5.69 Å². The van der Waals surface area contributed by atoms with Crippen molar-refractivity contribution in [1.29, 1.82) is 0 Å². The predicted molar refractivity (Wildman–Crippen MR) is 80.8 cm³/mol. The Labute approximate surface area is 116 Å². The van der Waals surface area contributed by atoms with E-state index < -0.39 is 0 Å². The van der Waals surface area contributed by atoms with Crippen molar-refractivity contribution in [3.05, 3.63) is 29.3 Å². The van der Waals surface area contributed by atoms with Crippen molar-refractivity contribution in [2.45, 2.75) is 46.4 Å². The summed E-state index contributed by atoms with van der Waals surface area (Å²) in [6.45, 7) is 12.5. The summed E-state index contributed by atoms with van der Waals surface area (Å²) in [4.78, 5) is 2.43. The monoisotopic (exact) mass is 262 g/mol. The Kier molecular flexibility index (Phi) is 4.83. The summed E-state index contributed by atoms with van der Waals surface area (Å²) < 4.78 is 5.61. The van der Waals surface area contributed by atoms with Gasteiger partial charge in [0.05, 0.1) is 12.7 Å². The van der Waals surface area contributed by atoms with Gasteiger partial charge in [0.25, 0.3) is 0 Å². The van der Waals surface area contributed by atoms with E-state index in [0.717, 1.165) is 26.2 Å². The Balaban J connectivity index is 2.06. The molecule has 2 rings (SSSR count). The summed E-state index contributed by atoms with van der Waals surface area (Å²) in [6.07, 6.45) is 0.329. The van der Waals surface area contributed by atoms with Gasteiger partial charge in [-0.3, -0.25) is 0 Å². The van der Waals surface area contributed by atoms with E-state index in [-0.39, 0.29) is 0 Å². The molecular formula is C16H26N2O. The molecule has 1 saturated heterocycles. The van der Waals surface area contributed by atoms with Gasteiger partial charge < -0.3 is 15.0 Å². The second-order valence-electron chi connectivity index (χ2n) is 5.78. The molecule has 1 N–H and O–H groups in total.